The number of amides is 1. The van der Waals surface area contributed by atoms with E-state index in [1.54, 1.807) is 0 Å². The quantitative estimate of drug-likeness (QED) is 0.848. The van der Waals surface area contributed by atoms with Gasteiger partial charge in [0, 0.05) is 32.6 Å². The second-order valence-electron chi connectivity index (χ2n) is 7.06. The lowest BCUT2D eigenvalue weighted by molar-refractivity contribution is -0.131. The predicted molar refractivity (Wildman–Crippen MR) is 76.8 cm³/mol. The Morgan fingerprint density at radius 1 is 1.16 bits per heavy atom. The molecule has 1 unspecified atom stereocenters. The Hall–Kier alpha value is -0.570. The molecule has 2 heterocycles. The molecule has 0 spiro atoms. The van der Waals surface area contributed by atoms with Gasteiger partial charge in [0.05, 0.1) is 0 Å². The summed E-state index contributed by atoms with van der Waals surface area (Å²) < 4.78 is 0. The van der Waals surface area contributed by atoms with Crippen LogP contribution in [0.3, 0.4) is 0 Å². The number of nitrogens with one attached hydrogen (secondary N) is 1. The number of likely N-dealkylation sites (tertiary alicyclic amines) is 1. The molecule has 0 aromatic carbocycles. The number of carbonyl (C=O) groups is 1. The first kappa shape index (κ1) is 13.4. The van der Waals surface area contributed by atoms with Gasteiger partial charge in [0.25, 0.3) is 0 Å². The molecule has 1 saturated carbocycles. The van der Waals surface area contributed by atoms with Crippen LogP contribution in [-0.4, -0.2) is 37.0 Å². The van der Waals surface area contributed by atoms with Crippen LogP contribution >= 0.6 is 0 Å². The van der Waals surface area contributed by atoms with Crippen molar-refractivity contribution >= 4 is 5.91 Å². The number of carbonyl (C=O) groups excluding carboxylic acids is 1. The van der Waals surface area contributed by atoms with E-state index in [0.717, 1.165) is 50.4 Å². The van der Waals surface area contributed by atoms with Gasteiger partial charge in [-0.3, -0.25) is 4.79 Å². The van der Waals surface area contributed by atoms with E-state index in [0.29, 0.717) is 11.8 Å². The van der Waals surface area contributed by atoms with Gasteiger partial charge in [-0.25, -0.2) is 0 Å². The summed E-state index contributed by atoms with van der Waals surface area (Å²) in [5.74, 6) is 3.28. The molecule has 3 aliphatic rings. The van der Waals surface area contributed by atoms with Crippen LogP contribution < -0.4 is 5.32 Å². The summed E-state index contributed by atoms with van der Waals surface area (Å²) in [5.41, 5.74) is 0. The van der Waals surface area contributed by atoms with Gasteiger partial charge >= 0.3 is 0 Å². The smallest absolute Gasteiger partial charge is 0.222 e. The van der Waals surface area contributed by atoms with Gasteiger partial charge in [-0.2, -0.15) is 0 Å². The Bertz CT molecular complexity index is 313. The molecule has 0 aromatic rings. The zero-order chi connectivity index (χ0) is 13.2. The fourth-order valence-corrected chi connectivity index (χ4v) is 4.33. The second kappa shape index (κ2) is 5.82. The standard InChI is InChI=1S/C16H28N2O/c1-12(13-5-3-2-4-6-13)7-16(19)18-10-14-8-17-9-15(14)11-18/h12-15,17H,2-11H2,1H3/t12?,14-,15+. The highest BCUT2D eigenvalue weighted by Crippen LogP contribution is 2.33. The minimum Gasteiger partial charge on any atom is -0.342 e. The van der Waals surface area contributed by atoms with Gasteiger partial charge in [-0.1, -0.05) is 39.0 Å². The zero-order valence-electron chi connectivity index (χ0n) is 12.2. The molecule has 3 heteroatoms. The Labute approximate surface area is 117 Å². The maximum absolute atomic E-state index is 12.4. The van der Waals surface area contributed by atoms with E-state index in [1.807, 2.05) is 0 Å². The molecule has 108 valence electrons. The van der Waals surface area contributed by atoms with Crippen LogP contribution in [0.4, 0.5) is 0 Å². The van der Waals surface area contributed by atoms with Crippen molar-refractivity contribution in [3.63, 3.8) is 0 Å². The van der Waals surface area contributed by atoms with Crippen molar-refractivity contribution in [1.82, 2.24) is 10.2 Å². The monoisotopic (exact) mass is 264 g/mol. The maximum atomic E-state index is 12.4. The lowest BCUT2D eigenvalue weighted by Crippen LogP contribution is -2.33. The average molecular weight is 264 g/mol. The second-order valence-corrected chi connectivity index (χ2v) is 7.06. The Morgan fingerprint density at radius 3 is 2.42 bits per heavy atom. The highest BCUT2D eigenvalue weighted by molar-refractivity contribution is 5.76. The lowest BCUT2D eigenvalue weighted by atomic mass is 9.79. The Balaban J connectivity index is 1.48. The van der Waals surface area contributed by atoms with Gasteiger partial charge in [-0.05, 0) is 23.7 Å². The van der Waals surface area contributed by atoms with E-state index < -0.39 is 0 Å². The van der Waals surface area contributed by atoms with Crippen molar-refractivity contribution in [2.24, 2.45) is 23.7 Å². The average Bonchev–Trinajstić information content (AvgIpc) is 3.00. The number of hydrogen-bond donors (Lipinski definition) is 1. The largest absolute Gasteiger partial charge is 0.342 e. The molecule has 2 saturated heterocycles. The number of rotatable bonds is 3. The molecule has 2 aliphatic heterocycles. The third kappa shape index (κ3) is 2.96. The minimum absolute atomic E-state index is 0.424. The van der Waals surface area contributed by atoms with Gasteiger partial charge in [-0.15, -0.1) is 0 Å². The maximum Gasteiger partial charge on any atom is 0.222 e. The number of hydrogen-bond acceptors (Lipinski definition) is 2. The SMILES string of the molecule is CC(CC(=O)N1C[C@H]2CNC[C@H]2C1)C1CCCCC1. The highest BCUT2D eigenvalue weighted by Gasteiger charge is 2.38. The van der Waals surface area contributed by atoms with Gasteiger partial charge in [0.1, 0.15) is 0 Å². The van der Waals surface area contributed by atoms with E-state index in [9.17, 15) is 4.79 Å². The summed E-state index contributed by atoms with van der Waals surface area (Å²) in [5, 5.41) is 3.44. The van der Waals surface area contributed by atoms with Crippen LogP contribution in [0, 0.1) is 23.7 Å². The van der Waals surface area contributed by atoms with E-state index in [1.165, 1.54) is 32.1 Å². The van der Waals surface area contributed by atoms with Crippen LogP contribution in [0.15, 0.2) is 0 Å². The zero-order valence-corrected chi connectivity index (χ0v) is 12.2. The molecule has 3 fully saturated rings. The van der Waals surface area contributed by atoms with Gasteiger partial charge < -0.3 is 10.2 Å². The van der Waals surface area contributed by atoms with E-state index in [-0.39, 0.29) is 0 Å². The first-order valence-corrected chi connectivity index (χ1v) is 8.22. The van der Waals surface area contributed by atoms with E-state index in [2.05, 4.69) is 17.1 Å². The summed E-state index contributed by atoms with van der Waals surface area (Å²) in [6.07, 6.45) is 7.65. The van der Waals surface area contributed by atoms with Crippen molar-refractivity contribution in [3.8, 4) is 0 Å². The molecule has 1 aliphatic carbocycles. The normalized spacial score (nSPS) is 33.4. The van der Waals surface area contributed by atoms with Crippen molar-refractivity contribution in [1.29, 1.82) is 0 Å². The highest BCUT2D eigenvalue weighted by atomic mass is 16.2. The van der Waals surface area contributed by atoms with Crippen LogP contribution in [-0.2, 0) is 4.79 Å². The molecule has 3 rings (SSSR count). The molecule has 0 radical (unpaired) electrons. The minimum atomic E-state index is 0.424. The lowest BCUT2D eigenvalue weighted by Gasteiger charge is -2.28. The molecule has 1 amide bonds. The van der Waals surface area contributed by atoms with Gasteiger partial charge in [0.15, 0.2) is 0 Å². The Morgan fingerprint density at radius 2 is 1.79 bits per heavy atom. The molecule has 0 aromatic heterocycles. The van der Waals surface area contributed by atoms with Crippen LogP contribution in [0.25, 0.3) is 0 Å². The Kier molecular flexibility index (Phi) is 4.11. The van der Waals surface area contributed by atoms with Crippen LogP contribution in [0.2, 0.25) is 0 Å². The molecule has 3 atom stereocenters. The van der Waals surface area contributed by atoms with Crippen LogP contribution in [0.1, 0.15) is 45.4 Å². The summed E-state index contributed by atoms with van der Waals surface area (Å²) in [4.78, 5) is 14.6. The molecular weight excluding hydrogens is 236 g/mol. The van der Waals surface area contributed by atoms with Crippen molar-refractivity contribution in [2.45, 2.75) is 45.4 Å². The molecular formula is C16H28N2O. The summed E-state index contributed by atoms with van der Waals surface area (Å²) in [6, 6.07) is 0. The molecule has 1 N–H and O–H groups in total. The third-order valence-corrected chi connectivity index (χ3v) is 5.69. The van der Waals surface area contributed by atoms with E-state index in [4.69, 9.17) is 0 Å². The summed E-state index contributed by atoms with van der Waals surface area (Å²) >= 11 is 0. The van der Waals surface area contributed by atoms with Crippen molar-refractivity contribution in [3.05, 3.63) is 0 Å². The van der Waals surface area contributed by atoms with Crippen molar-refractivity contribution < 1.29 is 4.79 Å². The fourth-order valence-electron chi connectivity index (χ4n) is 4.33. The van der Waals surface area contributed by atoms with Crippen LogP contribution in [0.5, 0.6) is 0 Å². The first-order chi connectivity index (χ1) is 9.24. The predicted octanol–water partition coefficient (Wildman–Crippen LogP) is 2.27. The first-order valence-electron chi connectivity index (χ1n) is 8.22. The molecule has 19 heavy (non-hydrogen) atoms. The number of nitrogens with zero attached hydrogens (tertiary/aromatic N) is 1. The summed E-state index contributed by atoms with van der Waals surface area (Å²) in [7, 11) is 0. The fraction of sp³-hybridized carbons (Fsp3) is 0.938. The van der Waals surface area contributed by atoms with E-state index >= 15 is 0 Å². The molecule has 0 bridgehead atoms. The van der Waals surface area contributed by atoms with Crippen molar-refractivity contribution in [2.75, 3.05) is 26.2 Å². The number of fused-ring (bicyclic) bond motifs is 1. The van der Waals surface area contributed by atoms with Gasteiger partial charge in [0.2, 0.25) is 5.91 Å². The topological polar surface area (TPSA) is 32.3 Å². The third-order valence-electron chi connectivity index (χ3n) is 5.69. The molecule has 3 nitrogen and oxygen atoms in total. The summed E-state index contributed by atoms with van der Waals surface area (Å²) in [6.45, 7) is 6.55.